The molecule has 2 unspecified atom stereocenters. The van der Waals surface area contributed by atoms with Crippen LogP contribution >= 0.6 is 0 Å². The molecule has 1 spiro atoms. The van der Waals surface area contributed by atoms with E-state index in [0.717, 1.165) is 39.1 Å². The molecule has 1 aliphatic heterocycles. The van der Waals surface area contributed by atoms with Crippen molar-refractivity contribution >= 4 is 0 Å². The third-order valence-electron chi connectivity index (χ3n) is 5.96. The summed E-state index contributed by atoms with van der Waals surface area (Å²) in [5, 5.41) is 0. The average molecular weight is 296 g/mol. The summed E-state index contributed by atoms with van der Waals surface area (Å²) in [5.74, 6) is 0.476. The van der Waals surface area contributed by atoms with Crippen LogP contribution in [0.4, 0.5) is 0 Å². The van der Waals surface area contributed by atoms with Crippen LogP contribution < -0.4 is 5.73 Å². The predicted octanol–water partition coefficient (Wildman–Crippen LogP) is 2.51. The minimum absolute atomic E-state index is 0.226. The van der Waals surface area contributed by atoms with Crippen LogP contribution in [0.5, 0.6) is 0 Å². The van der Waals surface area contributed by atoms with Gasteiger partial charge in [-0.2, -0.15) is 0 Å². The Bertz CT molecular complexity index is 321. The van der Waals surface area contributed by atoms with E-state index in [1.54, 1.807) is 0 Å². The van der Waals surface area contributed by atoms with Gasteiger partial charge in [-0.15, -0.1) is 0 Å². The monoisotopic (exact) mass is 296 g/mol. The van der Waals surface area contributed by atoms with Crippen LogP contribution in [0.2, 0.25) is 0 Å². The summed E-state index contributed by atoms with van der Waals surface area (Å²) in [4.78, 5) is 2.76. The number of hydrogen-bond donors (Lipinski definition) is 1. The molecule has 4 heteroatoms. The molecule has 0 aromatic rings. The van der Waals surface area contributed by atoms with Crippen molar-refractivity contribution in [3.8, 4) is 0 Å². The standard InChI is InChI=1S/C17H32N2O2/c1-2-19(16-6-4-3-5-14(16)13-18)15-7-9-17(10-8-15)20-11-12-21-17/h14-16H,2-13,18H2,1H3. The fourth-order valence-corrected chi connectivity index (χ4v) is 4.82. The quantitative estimate of drug-likeness (QED) is 0.866. The lowest BCUT2D eigenvalue weighted by molar-refractivity contribution is -0.185. The molecule has 21 heavy (non-hydrogen) atoms. The second-order valence-electron chi connectivity index (χ2n) is 7.02. The van der Waals surface area contributed by atoms with Gasteiger partial charge in [-0.25, -0.2) is 0 Å². The SMILES string of the molecule is CCN(C1CCC2(CC1)OCCO2)C1CCCCC1CN. The molecule has 0 radical (unpaired) electrons. The van der Waals surface area contributed by atoms with Crippen LogP contribution in [-0.4, -0.2) is 49.1 Å². The van der Waals surface area contributed by atoms with Crippen molar-refractivity contribution in [1.82, 2.24) is 4.90 Å². The molecule has 0 aromatic heterocycles. The lowest BCUT2D eigenvalue weighted by Gasteiger charge is -2.46. The van der Waals surface area contributed by atoms with Gasteiger partial charge in [0.15, 0.2) is 5.79 Å². The van der Waals surface area contributed by atoms with Crippen LogP contribution in [0, 0.1) is 5.92 Å². The third kappa shape index (κ3) is 3.29. The zero-order chi connectivity index (χ0) is 14.7. The van der Waals surface area contributed by atoms with Crippen molar-refractivity contribution < 1.29 is 9.47 Å². The van der Waals surface area contributed by atoms with Gasteiger partial charge in [0.05, 0.1) is 13.2 Å². The Labute approximate surface area is 129 Å². The van der Waals surface area contributed by atoms with Gasteiger partial charge in [-0.3, -0.25) is 4.90 Å². The van der Waals surface area contributed by atoms with Gasteiger partial charge in [0.2, 0.25) is 0 Å². The number of nitrogens with two attached hydrogens (primary N) is 1. The lowest BCUT2D eigenvalue weighted by Crippen LogP contribution is -2.52. The first-order valence-corrected chi connectivity index (χ1v) is 9.02. The van der Waals surface area contributed by atoms with Gasteiger partial charge in [0.1, 0.15) is 0 Å². The van der Waals surface area contributed by atoms with Gasteiger partial charge >= 0.3 is 0 Å². The Morgan fingerprint density at radius 3 is 2.33 bits per heavy atom. The lowest BCUT2D eigenvalue weighted by atomic mass is 9.81. The molecule has 1 heterocycles. The normalized spacial score (nSPS) is 33.9. The zero-order valence-corrected chi connectivity index (χ0v) is 13.6. The highest BCUT2D eigenvalue weighted by Crippen LogP contribution is 2.39. The second-order valence-corrected chi connectivity index (χ2v) is 7.02. The first-order valence-electron chi connectivity index (χ1n) is 9.02. The first-order chi connectivity index (χ1) is 10.3. The molecule has 3 rings (SSSR count). The van der Waals surface area contributed by atoms with Crippen molar-refractivity contribution in [3.63, 3.8) is 0 Å². The Morgan fingerprint density at radius 1 is 1.05 bits per heavy atom. The van der Waals surface area contributed by atoms with Crippen molar-refractivity contribution in [3.05, 3.63) is 0 Å². The molecular weight excluding hydrogens is 264 g/mol. The molecular formula is C17H32N2O2. The summed E-state index contributed by atoms with van der Waals surface area (Å²) in [7, 11) is 0. The largest absolute Gasteiger partial charge is 0.348 e. The van der Waals surface area contributed by atoms with Crippen molar-refractivity contribution in [2.24, 2.45) is 11.7 Å². The van der Waals surface area contributed by atoms with Gasteiger partial charge < -0.3 is 15.2 Å². The van der Waals surface area contributed by atoms with Crippen LogP contribution in [0.1, 0.15) is 58.3 Å². The summed E-state index contributed by atoms with van der Waals surface area (Å²) in [6, 6.07) is 1.41. The van der Waals surface area contributed by atoms with Crippen molar-refractivity contribution in [2.75, 3.05) is 26.3 Å². The maximum absolute atomic E-state index is 6.04. The van der Waals surface area contributed by atoms with Crippen molar-refractivity contribution in [2.45, 2.75) is 76.2 Å². The summed E-state index contributed by atoms with van der Waals surface area (Å²) in [5.41, 5.74) is 6.04. The number of nitrogens with zero attached hydrogens (tertiary/aromatic N) is 1. The first kappa shape index (κ1) is 15.7. The fraction of sp³-hybridized carbons (Fsp3) is 1.00. The van der Waals surface area contributed by atoms with E-state index in [4.69, 9.17) is 15.2 Å². The van der Waals surface area contributed by atoms with Crippen LogP contribution in [-0.2, 0) is 9.47 Å². The Balaban J connectivity index is 1.61. The Morgan fingerprint density at radius 2 is 1.71 bits per heavy atom. The van der Waals surface area contributed by atoms with Gasteiger partial charge in [-0.1, -0.05) is 19.8 Å². The maximum atomic E-state index is 6.04. The second kappa shape index (κ2) is 6.95. The number of ether oxygens (including phenoxy) is 2. The van der Waals surface area contributed by atoms with E-state index >= 15 is 0 Å². The average Bonchev–Trinajstić information content (AvgIpc) is 2.99. The van der Waals surface area contributed by atoms with Gasteiger partial charge in [0.25, 0.3) is 0 Å². The maximum Gasteiger partial charge on any atom is 0.168 e. The smallest absolute Gasteiger partial charge is 0.168 e. The Kier molecular flexibility index (Phi) is 5.20. The highest BCUT2D eigenvalue weighted by Gasteiger charge is 2.43. The third-order valence-corrected chi connectivity index (χ3v) is 5.96. The molecule has 3 fully saturated rings. The molecule has 0 amide bonds. The van der Waals surface area contributed by atoms with E-state index in [9.17, 15) is 0 Å². The summed E-state index contributed by atoms with van der Waals surface area (Å²) in [6.45, 7) is 5.87. The summed E-state index contributed by atoms with van der Waals surface area (Å²) < 4.78 is 11.7. The topological polar surface area (TPSA) is 47.7 Å². The Hall–Kier alpha value is -0.160. The fourth-order valence-electron chi connectivity index (χ4n) is 4.82. The van der Waals surface area contributed by atoms with Gasteiger partial charge in [0, 0.05) is 24.9 Å². The molecule has 2 N–H and O–H groups in total. The number of hydrogen-bond acceptors (Lipinski definition) is 4. The van der Waals surface area contributed by atoms with E-state index in [-0.39, 0.29) is 5.79 Å². The highest BCUT2D eigenvalue weighted by molar-refractivity contribution is 4.92. The van der Waals surface area contributed by atoms with E-state index < -0.39 is 0 Å². The molecule has 2 aliphatic carbocycles. The van der Waals surface area contributed by atoms with E-state index in [0.29, 0.717) is 18.0 Å². The van der Waals surface area contributed by atoms with E-state index in [1.807, 2.05) is 0 Å². The molecule has 0 aromatic carbocycles. The molecule has 0 bridgehead atoms. The van der Waals surface area contributed by atoms with Gasteiger partial charge in [-0.05, 0) is 44.7 Å². The molecule has 4 nitrogen and oxygen atoms in total. The summed E-state index contributed by atoms with van der Waals surface area (Å²) in [6.07, 6.45) is 9.95. The van der Waals surface area contributed by atoms with Crippen molar-refractivity contribution in [1.29, 1.82) is 0 Å². The highest BCUT2D eigenvalue weighted by atomic mass is 16.7. The van der Waals surface area contributed by atoms with Crippen LogP contribution in [0.3, 0.4) is 0 Å². The molecule has 2 saturated carbocycles. The minimum Gasteiger partial charge on any atom is -0.348 e. The zero-order valence-electron chi connectivity index (χ0n) is 13.6. The number of rotatable bonds is 4. The molecule has 3 aliphatic rings. The minimum atomic E-state index is -0.226. The predicted molar refractivity (Wildman–Crippen MR) is 84.1 cm³/mol. The van der Waals surface area contributed by atoms with Crippen LogP contribution in [0.25, 0.3) is 0 Å². The molecule has 122 valence electrons. The van der Waals surface area contributed by atoms with E-state index in [2.05, 4.69) is 11.8 Å². The summed E-state index contributed by atoms with van der Waals surface area (Å²) >= 11 is 0. The molecule has 1 saturated heterocycles. The van der Waals surface area contributed by atoms with Crippen LogP contribution in [0.15, 0.2) is 0 Å². The van der Waals surface area contributed by atoms with E-state index in [1.165, 1.54) is 38.5 Å². The molecule has 2 atom stereocenters.